The number of nitrogens with zero attached hydrogens (tertiary/aromatic N) is 2. The summed E-state index contributed by atoms with van der Waals surface area (Å²) < 4.78 is 7.32. The van der Waals surface area contributed by atoms with Crippen LogP contribution in [0.1, 0.15) is 47.3 Å². The maximum absolute atomic E-state index is 13.9. The molecule has 0 radical (unpaired) electrons. The SMILES string of the molecule is Cc1ccc(C)c(-n2c(SCC(=O)NC[C@H]3CCCO3)nc3sc4c(c3c2=O)CCCC4)c1. The van der Waals surface area contributed by atoms with Gasteiger partial charge in [0.25, 0.3) is 5.56 Å². The van der Waals surface area contributed by atoms with Crippen LogP contribution in [0.15, 0.2) is 28.2 Å². The van der Waals surface area contributed by atoms with Crippen molar-refractivity contribution >= 4 is 39.2 Å². The van der Waals surface area contributed by atoms with Crippen molar-refractivity contribution in [1.29, 1.82) is 0 Å². The molecule has 1 saturated heterocycles. The average molecular weight is 484 g/mol. The van der Waals surface area contributed by atoms with Crippen molar-refractivity contribution in [3.8, 4) is 5.69 Å². The van der Waals surface area contributed by atoms with Crippen molar-refractivity contribution in [1.82, 2.24) is 14.9 Å². The largest absolute Gasteiger partial charge is 0.376 e. The van der Waals surface area contributed by atoms with Gasteiger partial charge in [-0.1, -0.05) is 23.9 Å². The zero-order chi connectivity index (χ0) is 22.9. The number of amides is 1. The van der Waals surface area contributed by atoms with Crippen LogP contribution < -0.4 is 10.9 Å². The molecular weight excluding hydrogens is 454 g/mol. The number of aryl methyl sites for hydroxylation is 4. The maximum atomic E-state index is 13.9. The topological polar surface area (TPSA) is 73.2 Å². The third-order valence-electron chi connectivity index (χ3n) is 6.45. The van der Waals surface area contributed by atoms with Gasteiger partial charge in [-0.2, -0.15) is 0 Å². The molecule has 2 aromatic heterocycles. The predicted octanol–water partition coefficient (Wildman–Crippen LogP) is 4.33. The summed E-state index contributed by atoms with van der Waals surface area (Å²) in [5, 5.41) is 4.31. The van der Waals surface area contributed by atoms with Gasteiger partial charge in [0.15, 0.2) is 5.16 Å². The van der Waals surface area contributed by atoms with Crippen molar-refractivity contribution < 1.29 is 9.53 Å². The van der Waals surface area contributed by atoms with Gasteiger partial charge in [0.1, 0.15) is 4.83 Å². The highest BCUT2D eigenvalue weighted by Crippen LogP contribution is 2.35. The average Bonchev–Trinajstić information content (AvgIpc) is 3.45. The van der Waals surface area contributed by atoms with E-state index in [4.69, 9.17) is 9.72 Å². The number of hydrogen-bond acceptors (Lipinski definition) is 6. The van der Waals surface area contributed by atoms with Crippen LogP contribution in [0.2, 0.25) is 0 Å². The third-order valence-corrected chi connectivity index (χ3v) is 8.57. The molecule has 2 aliphatic rings. The number of ether oxygens (including phenoxy) is 1. The zero-order valence-corrected chi connectivity index (χ0v) is 20.7. The van der Waals surface area contributed by atoms with Gasteiger partial charge in [0.05, 0.1) is 22.9 Å². The molecule has 174 valence electrons. The standard InChI is InChI=1S/C25H29N3O3S2/c1-15-9-10-16(2)19(12-15)28-24(30)22-18-7-3-4-8-20(18)33-23(22)27-25(28)32-14-21(29)26-13-17-6-5-11-31-17/h9-10,12,17H,3-8,11,13-14H2,1-2H3,(H,26,29)/t17-/m1/s1. The number of fused-ring (bicyclic) bond motifs is 3. The molecule has 1 atom stereocenters. The van der Waals surface area contributed by atoms with E-state index in [1.54, 1.807) is 15.9 Å². The molecule has 0 unspecified atom stereocenters. The van der Waals surface area contributed by atoms with Crippen LogP contribution in [0.25, 0.3) is 15.9 Å². The second kappa shape index (κ2) is 9.60. The Hall–Kier alpha value is -2.16. The lowest BCUT2D eigenvalue weighted by Crippen LogP contribution is -2.33. The van der Waals surface area contributed by atoms with Crippen LogP contribution in [0.3, 0.4) is 0 Å². The van der Waals surface area contributed by atoms with Crippen LogP contribution in [0, 0.1) is 13.8 Å². The lowest BCUT2D eigenvalue weighted by molar-refractivity contribution is -0.119. The van der Waals surface area contributed by atoms with E-state index in [0.717, 1.165) is 72.2 Å². The van der Waals surface area contributed by atoms with Gasteiger partial charge >= 0.3 is 0 Å². The Kier molecular flexibility index (Phi) is 6.58. The first-order valence-corrected chi connectivity index (χ1v) is 13.5. The molecule has 8 heteroatoms. The quantitative estimate of drug-likeness (QED) is 0.417. The molecule has 1 fully saturated rings. The van der Waals surface area contributed by atoms with E-state index in [2.05, 4.69) is 5.32 Å². The summed E-state index contributed by atoms with van der Waals surface area (Å²) in [7, 11) is 0. The summed E-state index contributed by atoms with van der Waals surface area (Å²) in [6, 6.07) is 6.12. The number of hydrogen-bond donors (Lipinski definition) is 1. The number of thioether (sulfide) groups is 1. The van der Waals surface area contributed by atoms with Gasteiger partial charge in [0.2, 0.25) is 5.91 Å². The number of thiophene rings is 1. The minimum atomic E-state index is -0.0668. The lowest BCUT2D eigenvalue weighted by Gasteiger charge is -2.16. The lowest BCUT2D eigenvalue weighted by atomic mass is 9.97. The van der Waals surface area contributed by atoms with Crippen molar-refractivity contribution in [3.63, 3.8) is 0 Å². The third kappa shape index (κ3) is 4.61. The fraction of sp³-hybridized carbons (Fsp3) is 0.480. The van der Waals surface area contributed by atoms with Gasteiger partial charge in [-0.25, -0.2) is 4.98 Å². The number of nitrogens with one attached hydrogen (secondary N) is 1. The Labute approximate surface area is 201 Å². The molecule has 0 bridgehead atoms. The Balaban J connectivity index is 1.51. The van der Waals surface area contributed by atoms with Crippen LogP contribution in [0.5, 0.6) is 0 Å². The molecule has 1 aliphatic carbocycles. The van der Waals surface area contributed by atoms with Gasteiger partial charge in [0, 0.05) is 18.0 Å². The van der Waals surface area contributed by atoms with Crippen molar-refractivity contribution in [3.05, 3.63) is 50.1 Å². The van der Waals surface area contributed by atoms with E-state index in [1.807, 2.05) is 32.0 Å². The van der Waals surface area contributed by atoms with E-state index in [-0.39, 0.29) is 23.3 Å². The molecule has 0 saturated carbocycles. The molecule has 1 aromatic carbocycles. The number of benzene rings is 1. The molecule has 1 N–H and O–H groups in total. The van der Waals surface area contributed by atoms with E-state index in [9.17, 15) is 9.59 Å². The van der Waals surface area contributed by atoms with Crippen LogP contribution >= 0.6 is 23.1 Å². The van der Waals surface area contributed by atoms with Crippen molar-refractivity contribution in [2.24, 2.45) is 0 Å². The second-order valence-corrected chi connectivity index (χ2v) is 11.0. The van der Waals surface area contributed by atoms with E-state index in [1.165, 1.54) is 22.2 Å². The maximum Gasteiger partial charge on any atom is 0.267 e. The Morgan fingerprint density at radius 2 is 2.12 bits per heavy atom. The van der Waals surface area contributed by atoms with Crippen LogP contribution in [-0.4, -0.2) is 40.5 Å². The van der Waals surface area contributed by atoms with Crippen LogP contribution in [-0.2, 0) is 22.4 Å². The van der Waals surface area contributed by atoms with E-state index in [0.29, 0.717) is 11.7 Å². The van der Waals surface area contributed by atoms with Gasteiger partial charge in [-0.05, 0) is 75.1 Å². The Bertz CT molecular complexity index is 1260. The minimum absolute atomic E-state index is 0.0182. The van der Waals surface area contributed by atoms with Gasteiger partial charge < -0.3 is 10.1 Å². The Morgan fingerprint density at radius 3 is 2.94 bits per heavy atom. The Morgan fingerprint density at radius 1 is 1.27 bits per heavy atom. The number of carbonyl (C=O) groups excluding carboxylic acids is 1. The summed E-state index contributed by atoms with van der Waals surface area (Å²) in [4.78, 5) is 33.5. The molecule has 0 spiro atoms. The summed E-state index contributed by atoms with van der Waals surface area (Å²) in [6.45, 7) is 5.34. The monoisotopic (exact) mass is 483 g/mol. The molecule has 6 nitrogen and oxygen atoms in total. The summed E-state index contributed by atoms with van der Waals surface area (Å²) >= 11 is 2.97. The second-order valence-electron chi connectivity index (χ2n) is 8.94. The summed E-state index contributed by atoms with van der Waals surface area (Å²) in [5.74, 6) is 0.142. The van der Waals surface area contributed by atoms with E-state index >= 15 is 0 Å². The molecular formula is C25H29N3O3S2. The summed E-state index contributed by atoms with van der Waals surface area (Å²) in [6.07, 6.45) is 6.39. The van der Waals surface area contributed by atoms with Crippen molar-refractivity contribution in [2.45, 2.75) is 63.6 Å². The van der Waals surface area contributed by atoms with E-state index < -0.39 is 0 Å². The molecule has 1 amide bonds. The molecule has 1 aliphatic heterocycles. The first-order valence-electron chi connectivity index (χ1n) is 11.7. The molecule has 3 aromatic rings. The van der Waals surface area contributed by atoms with Crippen molar-refractivity contribution in [2.75, 3.05) is 18.9 Å². The molecule has 33 heavy (non-hydrogen) atoms. The first-order chi connectivity index (χ1) is 16.0. The number of aromatic nitrogens is 2. The minimum Gasteiger partial charge on any atom is -0.376 e. The first kappa shape index (κ1) is 22.6. The van der Waals surface area contributed by atoms with Gasteiger partial charge in [-0.15, -0.1) is 11.3 Å². The normalized spacial score (nSPS) is 17.9. The summed E-state index contributed by atoms with van der Waals surface area (Å²) in [5.41, 5.74) is 4.10. The highest BCUT2D eigenvalue weighted by Gasteiger charge is 2.24. The predicted molar refractivity (Wildman–Crippen MR) is 134 cm³/mol. The smallest absolute Gasteiger partial charge is 0.267 e. The number of rotatable bonds is 6. The number of carbonyl (C=O) groups is 1. The van der Waals surface area contributed by atoms with Crippen LogP contribution in [0.4, 0.5) is 0 Å². The fourth-order valence-electron chi connectivity index (χ4n) is 4.67. The van der Waals surface area contributed by atoms with Gasteiger partial charge in [-0.3, -0.25) is 14.2 Å². The highest BCUT2D eigenvalue weighted by atomic mass is 32.2. The zero-order valence-electron chi connectivity index (χ0n) is 19.1. The fourth-order valence-corrected chi connectivity index (χ4v) is 6.81. The molecule has 5 rings (SSSR count). The highest BCUT2D eigenvalue weighted by molar-refractivity contribution is 7.99. The molecule has 3 heterocycles.